The first-order valence-electron chi connectivity index (χ1n) is 7.43. The Hall–Kier alpha value is -3.21. The summed E-state index contributed by atoms with van der Waals surface area (Å²) in [6.07, 6.45) is 1.58. The lowest BCUT2D eigenvalue weighted by atomic mass is 10.2. The molecule has 6 nitrogen and oxygen atoms in total. The summed E-state index contributed by atoms with van der Waals surface area (Å²) in [5.74, 6) is -3.99. The molecule has 2 rings (SSSR count). The second kappa shape index (κ2) is 8.06. The molecule has 1 aromatic heterocycles. The molecular weight excluding hydrogens is 334 g/mol. The molecule has 0 aliphatic rings. The zero-order valence-corrected chi connectivity index (χ0v) is 13.3. The van der Waals surface area contributed by atoms with Crippen LogP contribution in [0.5, 0.6) is 11.6 Å². The summed E-state index contributed by atoms with van der Waals surface area (Å²) in [5.41, 5.74) is -1.88. The third-order valence-electron chi connectivity index (χ3n) is 3.19. The predicted molar refractivity (Wildman–Crippen MR) is 83.5 cm³/mol. The number of benzene rings is 1. The molecule has 0 aliphatic carbocycles. The Balaban J connectivity index is 2.20. The van der Waals surface area contributed by atoms with Crippen LogP contribution in [0.15, 0.2) is 29.1 Å². The van der Waals surface area contributed by atoms with E-state index in [-0.39, 0.29) is 17.2 Å². The summed E-state index contributed by atoms with van der Waals surface area (Å²) >= 11 is 0. The van der Waals surface area contributed by atoms with Crippen molar-refractivity contribution in [3.63, 3.8) is 0 Å². The highest BCUT2D eigenvalue weighted by atomic mass is 19.1. The highest BCUT2D eigenvalue weighted by molar-refractivity contribution is 5.91. The van der Waals surface area contributed by atoms with E-state index in [1.165, 1.54) is 0 Å². The average molecular weight is 348 g/mol. The number of nitriles is 1. The molecule has 0 saturated heterocycles. The fraction of sp³-hybridized carbons (Fsp3) is 0.235. The van der Waals surface area contributed by atoms with E-state index in [9.17, 15) is 18.4 Å². The topological polar surface area (TPSA) is 92.2 Å². The van der Waals surface area contributed by atoms with Crippen LogP contribution in [-0.2, 0) is 0 Å². The standard InChI is InChI=1S/C17H14F2N2O4/c1-2-3-6-24-11-7-12(18)15(13(19)8-11)17(23)25-14-5-4-10(9-20)16(22)21-14/h4-5,7-8H,2-3,6H2,1H3,(H,21,22). The molecule has 0 saturated carbocycles. The van der Waals surface area contributed by atoms with Gasteiger partial charge in [0.1, 0.15) is 34.6 Å². The van der Waals surface area contributed by atoms with Gasteiger partial charge in [-0.15, -0.1) is 0 Å². The Morgan fingerprint density at radius 2 is 1.96 bits per heavy atom. The average Bonchev–Trinajstić information content (AvgIpc) is 2.54. The third kappa shape index (κ3) is 4.41. The maximum atomic E-state index is 14.0. The number of nitrogens with zero attached hydrogens (tertiary/aromatic N) is 1. The SMILES string of the molecule is CCCCOc1cc(F)c(C(=O)Oc2ccc(C#N)c(=O)[nH]2)c(F)c1. The van der Waals surface area contributed by atoms with Crippen LogP contribution < -0.4 is 15.0 Å². The van der Waals surface area contributed by atoms with Crippen molar-refractivity contribution in [1.29, 1.82) is 5.26 Å². The number of hydrogen-bond donors (Lipinski definition) is 1. The molecule has 0 radical (unpaired) electrons. The number of aromatic amines is 1. The van der Waals surface area contributed by atoms with Crippen LogP contribution in [0.25, 0.3) is 0 Å². The molecular formula is C17H14F2N2O4. The first-order chi connectivity index (χ1) is 12.0. The van der Waals surface area contributed by atoms with Crippen LogP contribution in [0.4, 0.5) is 8.78 Å². The molecule has 2 aromatic rings. The number of esters is 1. The Labute approximate surface area is 141 Å². The molecule has 8 heteroatoms. The number of carbonyl (C=O) groups is 1. The minimum Gasteiger partial charge on any atom is -0.493 e. The fourth-order valence-electron chi connectivity index (χ4n) is 1.92. The summed E-state index contributed by atoms with van der Waals surface area (Å²) in [6.45, 7) is 2.24. The van der Waals surface area contributed by atoms with Crippen LogP contribution in [0.3, 0.4) is 0 Å². The number of aromatic nitrogens is 1. The zero-order chi connectivity index (χ0) is 18.4. The minimum atomic E-state index is -1.32. The number of nitrogens with one attached hydrogen (secondary N) is 1. The van der Waals surface area contributed by atoms with Gasteiger partial charge in [0.2, 0.25) is 5.88 Å². The van der Waals surface area contributed by atoms with Gasteiger partial charge in [-0.25, -0.2) is 13.6 Å². The summed E-state index contributed by atoms with van der Waals surface area (Å²) in [5, 5.41) is 8.66. The van der Waals surface area contributed by atoms with E-state index in [1.54, 1.807) is 6.07 Å². The van der Waals surface area contributed by atoms with Crippen molar-refractivity contribution in [2.45, 2.75) is 19.8 Å². The summed E-state index contributed by atoms with van der Waals surface area (Å²) in [7, 11) is 0. The van der Waals surface area contributed by atoms with E-state index >= 15 is 0 Å². The lowest BCUT2D eigenvalue weighted by Crippen LogP contribution is -2.17. The van der Waals surface area contributed by atoms with E-state index < -0.39 is 28.7 Å². The van der Waals surface area contributed by atoms with Gasteiger partial charge in [0.25, 0.3) is 5.56 Å². The second-order valence-electron chi connectivity index (χ2n) is 5.03. The molecule has 0 amide bonds. The molecule has 1 heterocycles. The van der Waals surface area contributed by atoms with Crippen molar-refractivity contribution >= 4 is 5.97 Å². The van der Waals surface area contributed by atoms with Gasteiger partial charge < -0.3 is 9.47 Å². The van der Waals surface area contributed by atoms with Gasteiger partial charge in [0, 0.05) is 18.2 Å². The molecule has 0 aliphatic heterocycles. The maximum Gasteiger partial charge on any atom is 0.350 e. The van der Waals surface area contributed by atoms with Crippen molar-refractivity contribution < 1.29 is 23.0 Å². The van der Waals surface area contributed by atoms with Gasteiger partial charge in [0.05, 0.1) is 6.61 Å². The number of halogens is 2. The first kappa shape index (κ1) is 18.1. The Morgan fingerprint density at radius 3 is 2.52 bits per heavy atom. The molecule has 25 heavy (non-hydrogen) atoms. The number of unbranched alkanes of at least 4 members (excludes halogenated alkanes) is 1. The van der Waals surface area contributed by atoms with Crippen LogP contribution in [0.1, 0.15) is 35.7 Å². The molecule has 0 atom stereocenters. The van der Waals surface area contributed by atoms with Gasteiger partial charge in [0.15, 0.2) is 0 Å². The molecule has 0 spiro atoms. The smallest absolute Gasteiger partial charge is 0.350 e. The molecule has 1 N–H and O–H groups in total. The maximum absolute atomic E-state index is 14.0. The number of rotatable bonds is 6. The van der Waals surface area contributed by atoms with E-state index in [1.807, 2.05) is 6.92 Å². The lowest BCUT2D eigenvalue weighted by molar-refractivity contribution is 0.0717. The van der Waals surface area contributed by atoms with Gasteiger partial charge >= 0.3 is 5.97 Å². The highest BCUT2D eigenvalue weighted by Gasteiger charge is 2.22. The first-order valence-corrected chi connectivity index (χ1v) is 7.43. The zero-order valence-electron chi connectivity index (χ0n) is 13.3. The lowest BCUT2D eigenvalue weighted by Gasteiger charge is -2.09. The van der Waals surface area contributed by atoms with Crippen molar-refractivity contribution in [2.24, 2.45) is 0 Å². The van der Waals surface area contributed by atoms with Gasteiger partial charge in [-0.3, -0.25) is 9.78 Å². The second-order valence-corrected chi connectivity index (χ2v) is 5.03. The molecule has 0 bridgehead atoms. The monoisotopic (exact) mass is 348 g/mol. The number of ether oxygens (including phenoxy) is 2. The van der Waals surface area contributed by atoms with Crippen molar-refractivity contribution in [3.8, 4) is 17.7 Å². The van der Waals surface area contributed by atoms with E-state index in [0.717, 1.165) is 37.1 Å². The summed E-state index contributed by atoms with van der Waals surface area (Å²) in [6, 6.07) is 5.66. The molecule has 0 fully saturated rings. The highest BCUT2D eigenvalue weighted by Crippen LogP contribution is 2.22. The van der Waals surface area contributed by atoms with Crippen LogP contribution >= 0.6 is 0 Å². The molecule has 1 aromatic carbocycles. The van der Waals surface area contributed by atoms with Crippen molar-refractivity contribution in [2.75, 3.05) is 6.61 Å². The van der Waals surface area contributed by atoms with Crippen molar-refractivity contribution in [1.82, 2.24) is 4.98 Å². The third-order valence-corrected chi connectivity index (χ3v) is 3.19. The largest absolute Gasteiger partial charge is 0.493 e. The number of carbonyl (C=O) groups excluding carboxylic acids is 1. The summed E-state index contributed by atoms with van der Waals surface area (Å²) in [4.78, 5) is 25.5. The van der Waals surface area contributed by atoms with Crippen LogP contribution in [-0.4, -0.2) is 17.6 Å². The number of hydrogen-bond acceptors (Lipinski definition) is 5. The van der Waals surface area contributed by atoms with Gasteiger partial charge in [-0.05, 0) is 12.5 Å². The quantitative estimate of drug-likeness (QED) is 0.640. The summed E-state index contributed by atoms with van der Waals surface area (Å²) < 4.78 is 38.0. The molecule has 130 valence electrons. The minimum absolute atomic E-state index is 0.0354. The van der Waals surface area contributed by atoms with Gasteiger partial charge in [-0.1, -0.05) is 13.3 Å². The van der Waals surface area contributed by atoms with E-state index in [0.29, 0.717) is 6.61 Å². The fourth-order valence-corrected chi connectivity index (χ4v) is 1.92. The van der Waals surface area contributed by atoms with Crippen molar-refractivity contribution in [3.05, 3.63) is 57.4 Å². The Kier molecular flexibility index (Phi) is 5.84. The predicted octanol–water partition coefficient (Wildman–Crippen LogP) is 2.92. The Morgan fingerprint density at radius 1 is 1.28 bits per heavy atom. The Bertz CT molecular complexity index is 864. The van der Waals surface area contributed by atoms with E-state index in [4.69, 9.17) is 14.7 Å². The normalized spacial score (nSPS) is 10.2. The van der Waals surface area contributed by atoms with Gasteiger partial charge in [-0.2, -0.15) is 5.26 Å². The molecule has 0 unspecified atom stereocenters. The number of pyridine rings is 1. The number of H-pyrrole nitrogens is 1. The van der Waals surface area contributed by atoms with Crippen LogP contribution in [0, 0.1) is 23.0 Å². The van der Waals surface area contributed by atoms with Crippen LogP contribution in [0.2, 0.25) is 0 Å². The van der Waals surface area contributed by atoms with E-state index in [2.05, 4.69) is 4.98 Å².